The van der Waals surface area contributed by atoms with Crippen LogP contribution in [0.25, 0.3) is 16.6 Å². The number of nitrogens with zero attached hydrogens (tertiary/aromatic N) is 3. The number of amides is 1. The zero-order valence-corrected chi connectivity index (χ0v) is 22.3. The van der Waals surface area contributed by atoms with Gasteiger partial charge in [0.2, 0.25) is 0 Å². The van der Waals surface area contributed by atoms with Crippen LogP contribution in [0.4, 0.5) is 4.39 Å². The van der Waals surface area contributed by atoms with Crippen molar-refractivity contribution < 1.29 is 9.18 Å². The van der Waals surface area contributed by atoms with Gasteiger partial charge in [-0.1, -0.05) is 71.4 Å². The molecule has 0 aliphatic rings. The molecule has 1 amide bonds. The molecule has 0 radical (unpaired) electrons. The van der Waals surface area contributed by atoms with Crippen LogP contribution in [0.3, 0.4) is 0 Å². The lowest BCUT2D eigenvalue weighted by Gasteiger charge is -2.32. The summed E-state index contributed by atoms with van der Waals surface area (Å²) in [5, 5.41) is 0.486. The average molecular weight is 570 g/mol. The van der Waals surface area contributed by atoms with Gasteiger partial charge >= 0.3 is 0 Å². The lowest BCUT2D eigenvalue weighted by molar-refractivity contribution is 0.0640. The molecule has 5 nitrogen and oxygen atoms in total. The molecule has 1 aromatic heterocycles. The van der Waals surface area contributed by atoms with Crippen LogP contribution in [-0.4, -0.2) is 20.4 Å². The van der Waals surface area contributed by atoms with E-state index < -0.39 is 11.9 Å². The largest absolute Gasteiger partial charge is 0.324 e. The summed E-state index contributed by atoms with van der Waals surface area (Å²) < 4.78 is 16.6. The fourth-order valence-corrected chi connectivity index (χ4v) is 4.91. The summed E-state index contributed by atoms with van der Waals surface area (Å²) in [5.41, 5.74) is 2.12. The van der Waals surface area contributed by atoms with Gasteiger partial charge in [0.25, 0.3) is 11.5 Å². The van der Waals surface area contributed by atoms with E-state index in [0.29, 0.717) is 28.8 Å². The number of rotatable bonds is 7. The number of aromatic nitrogens is 2. The van der Waals surface area contributed by atoms with E-state index in [4.69, 9.17) is 4.98 Å². The highest BCUT2D eigenvalue weighted by molar-refractivity contribution is 9.10. The van der Waals surface area contributed by atoms with Crippen molar-refractivity contribution in [2.24, 2.45) is 0 Å². The lowest BCUT2D eigenvalue weighted by Crippen LogP contribution is -2.38. The average Bonchev–Trinajstić information content (AvgIpc) is 2.94. The van der Waals surface area contributed by atoms with Gasteiger partial charge in [-0.3, -0.25) is 14.2 Å². The van der Waals surface area contributed by atoms with Gasteiger partial charge in [0.05, 0.1) is 22.6 Å². The van der Waals surface area contributed by atoms with Crippen molar-refractivity contribution in [3.05, 3.63) is 141 Å². The monoisotopic (exact) mass is 569 g/mol. The number of hydrogen-bond acceptors (Lipinski definition) is 3. The summed E-state index contributed by atoms with van der Waals surface area (Å²) in [4.78, 5) is 34.5. The van der Waals surface area contributed by atoms with E-state index in [1.165, 1.54) is 18.2 Å². The maximum Gasteiger partial charge on any atom is 0.266 e. The molecule has 0 spiro atoms. The molecule has 0 saturated heterocycles. The Hall–Kier alpha value is -4.10. The van der Waals surface area contributed by atoms with Crippen LogP contribution in [0, 0.1) is 5.82 Å². The minimum atomic E-state index is -0.577. The minimum Gasteiger partial charge on any atom is -0.324 e. The number of carbonyl (C=O) groups is 1. The lowest BCUT2D eigenvalue weighted by atomic mass is 10.1. The van der Waals surface area contributed by atoms with E-state index in [9.17, 15) is 14.0 Å². The van der Waals surface area contributed by atoms with E-state index in [1.807, 2.05) is 73.7 Å². The van der Waals surface area contributed by atoms with Gasteiger partial charge in [0, 0.05) is 16.6 Å². The van der Waals surface area contributed by atoms with E-state index in [0.717, 1.165) is 10.0 Å². The molecule has 5 rings (SSSR count). The second-order valence-corrected chi connectivity index (χ2v) is 9.87. The second kappa shape index (κ2) is 11.1. The Labute approximate surface area is 228 Å². The van der Waals surface area contributed by atoms with Crippen LogP contribution >= 0.6 is 15.9 Å². The third-order valence-electron chi connectivity index (χ3n) is 6.48. The van der Waals surface area contributed by atoms with E-state index in [1.54, 1.807) is 27.7 Å². The second-order valence-electron chi connectivity index (χ2n) is 8.96. The zero-order valence-electron chi connectivity index (χ0n) is 20.7. The third kappa shape index (κ3) is 5.15. The fraction of sp³-hybridized carbons (Fsp3) is 0.129. The summed E-state index contributed by atoms with van der Waals surface area (Å²) in [5.74, 6) is -0.386. The van der Waals surface area contributed by atoms with E-state index in [2.05, 4.69) is 15.9 Å². The van der Waals surface area contributed by atoms with Crippen molar-refractivity contribution in [2.75, 3.05) is 0 Å². The molecule has 5 aromatic rings. The predicted molar refractivity (Wildman–Crippen MR) is 151 cm³/mol. The molecule has 0 N–H and O–H groups in total. The predicted octanol–water partition coefficient (Wildman–Crippen LogP) is 7.08. The highest BCUT2D eigenvalue weighted by Gasteiger charge is 2.30. The zero-order chi connectivity index (χ0) is 26.6. The maximum atomic E-state index is 14.1. The fourth-order valence-electron chi connectivity index (χ4n) is 4.65. The van der Waals surface area contributed by atoms with Crippen molar-refractivity contribution in [3.8, 4) is 5.69 Å². The molecule has 1 unspecified atom stereocenters. The molecule has 0 aliphatic heterocycles. The first-order valence-corrected chi connectivity index (χ1v) is 13.1. The molecule has 1 atom stereocenters. The first kappa shape index (κ1) is 25.5. The number of para-hydroxylation sites is 1. The smallest absolute Gasteiger partial charge is 0.266 e. The molecule has 1 heterocycles. The topological polar surface area (TPSA) is 55.2 Å². The quantitative estimate of drug-likeness (QED) is 0.210. The number of halogens is 2. The van der Waals surface area contributed by atoms with Gasteiger partial charge in [-0.15, -0.1) is 0 Å². The normalized spacial score (nSPS) is 11.9. The Bertz CT molecular complexity index is 1650. The van der Waals surface area contributed by atoms with Gasteiger partial charge < -0.3 is 4.90 Å². The van der Waals surface area contributed by atoms with Crippen molar-refractivity contribution in [1.29, 1.82) is 0 Å². The summed E-state index contributed by atoms with van der Waals surface area (Å²) >= 11 is 3.46. The first-order chi connectivity index (χ1) is 18.5. The summed E-state index contributed by atoms with van der Waals surface area (Å²) in [6.45, 7) is 2.21. The Morgan fingerprint density at radius 3 is 2.37 bits per heavy atom. The Morgan fingerprint density at radius 1 is 0.947 bits per heavy atom. The molecule has 7 heteroatoms. The summed E-state index contributed by atoms with van der Waals surface area (Å²) in [7, 11) is 0. The summed E-state index contributed by atoms with van der Waals surface area (Å²) in [6.07, 6.45) is 0.481. The van der Waals surface area contributed by atoms with Crippen LogP contribution < -0.4 is 5.56 Å². The van der Waals surface area contributed by atoms with Gasteiger partial charge in [-0.05, 0) is 66.6 Å². The molecular formula is C31H25BrFN3O2. The Balaban J connectivity index is 1.73. The SMILES string of the molecule is CCC(c1nc2ccccc2c(=O)n1-c1ccc(Br)cc1)N(Cc1ccccc1)C(=O)c1cccc(F)c1. The van der Waals surface area contributed by atoms with Crippen LogP contribution in [0.1, 0.15) is 41.1 Å². The highest BCUT2D eigenvalue weighted by Crippen LogP contribution is 2.29. The minimum absolute atomic E-state index is 0.218. The molecule has 190 valence electrons. The standard InChI is InChI=1S/C31H25BrFN3O2/c1-2-28(35(20-21-9-4-3-5-10-21)30(37)22-11-8-12-24(33)19-22)29-34-27-14-7-6-13-26(27)31(38)36(29)25-17-15-23(32)16-18-25/h3-19,28H,2,20H2,1H3. The molecule has 0 bridgehead atoms. The van der Waals surface area contributed by atoms with Crippen molar-refractivity contribution in [3.63, 3.8) is 0 Å². The third-order valence-corrected chi connectivity index (χ3v) is 7.00. The molecule has 0 saturated carbocycles. The van der Waals surface area contributed by atoms with E-state index >= 15 is 0 Å². The van der Waals surface area contributed by atoms with Crippen LogP contribution in [0.5, 0.6) is 0 Å². The van der Waals surface area contributed by atoms with Crippen molar-refractivity contribution in [1.82, 2.24) is 14.5 Å². The van der Waals surface area contributed by atoms with Crippen LogP contribution in [0.15, 0.2) is 112 Å². The number of benzene rings is 4. The van der Waals surface area contributed by atoms with Crippen molar-refractivity contribution >= 4 is 32.7 Å². The van der Waals surface area contributed by atoms with Gasteiger partial charge in [-0.2, -0.15) is 0 Å². The van der Waals surface area contributed by atoms with Crippen molar-refractivity contribution in [2.45, 2.75) is 25.9 Å². The summed E-state index contributed by atoms with van der Waals surface area (Å²) in [6, 6.07) is 29.3. The highest BCUT2D eigenvalue weighted by atomic mass is 79.9. The van der Waals surface area contributed by atoms with Gasteiger partial charge in [0.1, 0.15) is 11.6 Å². The Kier molecular flexibility index (Phi) is 7.47. The number of fused-ring (bicyclic) bond motifs is 1. The number of hydrogen-bond donors (Lipinski definition) is 0. The van der Waals surface area contributed by atoms with Crippen LogP contribution in [0.2, 0.25) is 0 Å². The molecule has 38 heavy (non-hydrogen) atoms. The molecule has 0 aliphatic carbocycles. The van der Waals surface area contributed by atoms with Crippen LogP contribution in [-0.2, 0) is 6.54 Å². The molecular weight excluding hydrogens is 545 g/mol. The maximum absolute atomic E-state index is 14.1. The molecule has 4 aromatic carbocycles. The first-order valence-electron chi connectivity index (χ1n) is 12.3. The number of carbonyl (C=O) groups excluding carboxylic acids is 1. The van der Waals surface area contributed by atoms with Gasteiger partial charge in [-0.25, -0.2) is 9.37 Å². The van der Waals surface area contributed by atoms with E-state index in [-0.39, 0.29) is 23.6 Å². The Morgan fingerprint density at radius 2 is 1.66 bits per heavy atom. The molecule has 0 fully saturated rings. The van der Waals surface area contributed by atoms with Gasteiger partial charge in [0.15, 0.2) is 0 Å².